The molecule has 0 aromatic carbocycles. The Labute approximate surface area is 121 Å². The van der Waals surface area contributed by atoms with Gasteiger partial charge in [-0.1, -0.05) is 0 Å². The van der Waals surface area contributed by atoms with Crippen LogP contribution in [-0.4, -0.2) is 49.7 Å². The number of carbonyl (C=O) groups is 1. The van der Waals surface area contributed by atoms with Crippen LogP contribution in [0, 0.1) is 5.41 Å². The first kappa shape index (κ1) is 15.6. The monoisotopic (exact) mass is 285 g/mol. The number of ether oxygens (including phenoxy) is 3. The van der Waals surface area contributed by atoms with Crippen LogP contribution in [0.25, 0.3) is 0 Å². The summed E-state index contributed by atoms with van der Waals surface area (Å²) < 4.78 is 16.3. The van der Waals surface area contributed by atoms with Gasteiger partial charge in [-0.3, -0.25) is 0 Å². The summed E-state index contributed by atoms with van der Waals surface area (Å²) in [5.74, 6) is -0.395. The summed E-state index contributed by atoms with van der Waals surface area (Å²) in [5, 5.41) is 0. The number of likely N-dealkylation sites (tertiary alicyclic amines) is 1. The first-order chi connectivity index (χ1) is 9.23. The molecule has 1 saturated carbocycles. The zero-order chi connectivity index (χ0) is 15.0. The van der Waals surface area contributed by atoms with Crippen LogP contribution < -0.4 is 0 Å². The van der Waals surface area contributed by atoms with Gasteiger partial charge >= 0.3 is 6.09 Å². The minimum atomic E-state index is -0.427. The Morgan fingerprint density at radius 3 is 1.95 bits per heavy atom. The zero-order valence-corrected chi connectivity index (χ0v) is 13.3. The molecule has 0 aromatic rings. The van der Waals surface area contributed by atoms with Crippen molar-refractivity contribution in [1.82, 2.24) is 4.90 Å². The van der Waals surface area contributed by atoms with Crippen LogP contribution in [0.1, 0.15) is 46.5 Å². The lowest BCUT2D eigenvalue weighted by Crippen LogP contribution is -2.58. The zero-order valence-electron chi connectivity index (χ0n) is 13.3. The molecular weight excluding hydrogens is 258 g/mol. The lowest BCUT2D eigenvalue weighted by Gasteiger charge is -2.57. The van der Waals surface area contributed by atoms with E-state index in [1.165, 1.54) is 0 Å². The maximum atomic E-state index is 12.0. The highest BCUT2D eigenvalue weighted by atomic mass is 16.7. The smallest absolute Gasteiger partial charge is 0.410 e. The minimum absolute atomic E-state index is 0.198. The third-order valence-corrected chi connectivity index (χ3v) is 4.51. The molecule has 1 spiro atoms. The molecular formula is C15H27NO4. The standard InChI is InChI=1S/C15H27NO4/c1-13(2,3)20-12(17)16-8-6-14(7-9-16)10-15(11-14,18-4)19-5/h6-11H2,1-5H3. The average molecular weight is 285 g/mol. The fourth-order valence-electron chi connectivity index (χ4n) is 3.31. The Balaban J connectivity index is 1.84. The number of methoxy groups -OCH3 is 2. The predicted octanol–water partition coefficient (Wildman–Crippen LogP) is 2.79. The molecule has 0 radical (unpaired) electrons. The Bertz CT molecular complexity index is 353. The van der Waals surface area contributed by atoms with Gasteiger partial charge in [-0.05, 0) is 39.0 Å². The fraction of sp³-hybridized carbons (Fsp3) is 0.933. The van der Waals surface area contributed by atoms with Crippen LogP contribution in [0.15, 0.2) is 0 Å². The van der Waals surface area contributed by atoms with Crippen molar-refractivity contribution in [2.24, 2.45) is 5.41 Å². The van der Waals surface area contributed by atoms with Crippen molar-refractivity contribution in [2.45, 2.75) is 57.8 Å². The Morgan fingerprint density at radius 2 is 1.55 bits per heavy atom. The molecule has 1 heterocycles. The van der Waals surface area contributed by atoms with Gasteiger partial charge in [-0.25, -0.2) is 4.79 Å². The number of hydrogen-bond donors (Lipinski definition) is 0. The van der Waals surface area contributed by atoms with E-state index in [1.807, 2.05) is 25.7 Å². The first-order valence-corrected chi connectivity index (χ1v) is 7.31. The molecule has 1 saturated heterocycles. The van der Waals surface area contributed by atoms with Gasteiger partial charge in [0.2, 0.25) is 0 Å². The maximum absolute atomic E-state index is 12.0. The minimum Gasteiger partial charge on any atom is -0.444 e. The van der Waals surface area contributed by atoms with Gasteiger partial charge in [0, 0.05) is 40.2 Å². The molecule has 2 fully saturated rings. The summed E-state index contributed by atoms with van der Waals surface area (Å²) in [6, 6.07) is 0. The fourth-order valence-corrected chi connectivity index (χ4v) is 3.31. The van der Waals surface area contributed by atoms with Crippen molar-refractivity contribution in [2.75, 3.05) is 27.3 Å². The first-order valence-electron chi connectivity index (χ1n) is 7.31. The molecule has 1 aliphatic carbocycles. The van der Waals surface area contributed by atoms with Crippen molar-refractivity contribution in [3.63, 3.8) is 0 Å². The Kier molecular flexibility index (Phi) is 4.04. The van der Waals surface area contributed by atoms with Gasteiger partial charge in [0.1, 0.15) is 5.60 Å². The summed E-state index contributed by atoms with van der Waals surface area (Å²) in [6.45, 7) is 7.21. The highest BCUT2D eigenvalue weighted by Gasteiger charge is 2.56. The quantitative estimate of drug-likeness (QED) is 0.732. The number of amides is 1. The van der Waals surface area contributed by atoms with Crippen molar-refractivity contribution >= 4 is 6.09 Å². The van der Waals surface area contributed by atoms with E-state index in [9.17, 15) is 4.79 Å². The summed E-state index contributed by atoms with van der Waals surface area (Å²) >= 11 is 0. The third kappa shape index (κ3) is 3.09. The van der Waals surface area contributed by atoms with E-state index in [0.717, 1.165) is 38.8 Å². The molecule has 20 heavy (non-hydrogen) atoms. The van der Waals surface area contributed by atoms with Gasteiger partial charge in [-0.2, -0.15) is 0 Å². The van der Waals surface area contributed by atoms with Crippen LogP contribution in [0.3, 0.4) is 0 Å². The molecule has 0 atom stereocenters. The van der Waals surface area contributed by atoms with Gasteiger partial charge in [0.15, 0.2) is 5.79 Å². The van der Waals surface area contributed by atoms with E-state index in [2.05, 4.69) is 0 Å². The summed E-state index contributed by atoms with van der Waals surface area (Å²) in [5.41, 5.74) is -0.144. The molecule has 2 aliphatic rings. The lowest BCUT2D eigenvalue weighted by molar-refractivity contribution is -0.302. The second-order valence-electron chi connectivity index (χ2n) is 7.14. The maximum Gasteiger partial charge on any atom is 0.410 e. The van der Waals surface area contributed by atoms with Crippen molar-refractivity contribution < 1.29 is 19.0 Å². The molecule has 5 heteroatoms. The van der Waals surface area contributed by atoms with E-state index in [4.69, 9.17) is 14.2 Å². The topological polar surface area (TPSA) is 48.0 Å². The summed E-state index contributed by atoms with van der Waals surface area (Å²) in [4.78, 5) is 13.8. The molecule has 2 rings (SSSR count). The van der Waals surface area contributed by atoms with Crippen LogP contribution >= 0.6 is 0 Å². The number of hydrogen-bond acceptors (Lipinski definition) is 4. The van der Waals surface area contributed by atoms with Gasteiger partial charge in [-0.15, -0.1) is 0 Å². The van der Waals surface area contributed by atoms with E-state index in [0.29, 0.717) is 0 Å². The molecule has 116 valence electrons. The predicted molar refractivity (Wildman–Crippen MR) is 75.5 cm³/mol. The molecule has 1 aliphatic heterocycles. The van der Waals surface area contributed by atoms with E-state index >= 15 is 0 Å². The highest BCUT2D eigenvalue weighted by Crippen LogP contribution is 2.56. The number of nitrogens with zero attached hydrogens (tertiary/aromatic N) is 1. The number of rotatable bonds is 2. The van der Waals surface area contributed by atoms with E-state index in [-0.39, 0.29) is 11.5 Å². The molecule has 1 amide bonds. The largest absolute Gasteiger partial charge is 0.444 e. The molecule has 0 bridgehead atoms. The second kappa shape index (κ2) is 5.19. The average Bonchev–Trinajstić information content (AvgIpc) is 2.34. The molecule has 5 nitrogen and oxygen atoms in total. The molecule has 0 unspecified atom stereocenters. The van der Waals surface area contributed by atoms with E-state index in [1.54, 1.807) is 14.2 Å². The normalized spacial score (nSPS) is 24.4. The van der Waals surface area contributed by atoms with Crippen molar-refractivity contribution in [3.05, 3.63) is 0 Å². The summed E-state index contributed by atoms with van der Waals surface area (Å²) in [6.07, 6.45) is 3.66. The van der Waals surface area contributed by atoms with Crippen molar-refractivity contribution in [1.29, 1.82) is 0 Å². The van der Waals surface area contributed by atoms with Crippen LogP contribution in [-0.2, 0) is 14.2 Å². The molecule has 0 aromatic heterocycles. The SMILES string of the molecule is COC1(OC)CC2(CCN(C(=O)OC(C)(C)C)CC2)C1. The Hall–Kier alpha value is -0.810. The van der Waals surface area contributed by atoms with Gasteiger partial charge < -0.3 is 19.1 Å². The lowest BCUT2D eigenvalue weighted by atomic mass is 9.59. The second-order valence-corrected chi connectivity index (χ2v) is 7.14. The summed E-state index contributed by atoms with van der Waals surface area (Å²) in [7, 11) is 3.40. The van der Waals surface area contributed by atoms with E-state index < -0.39 is 11.4 Å². The number of piperidine rings is 1. The number of carbonyl (C=O) groups excluding carboxylic acids is 1. The van der Waals surface area contributed by atoms with Gasteiger partial charge in [0.05, 0.1) is 0 Å². The van der Waals surface area contributed by atoms with Gasteiger partial charge in [0.25, 0.3) is 0 Å². The molecule has 0 N–H and O–H groups in total. The third-order valence-electron chi connectivity index (χ3n) is 4.51. The van der Waals surface area contributed by atoms with Crippen LogP contribution in [0.2, 0.25) is 0 Å². The Morgan fingerprint density at radius 1 is 1.05 bits per heavy atom. The van der Waals surface area contributed by atoms with Crippen molar-refractivity contribution in [3.8, 4) is 0 Å². The van der Waals surface area contributed by atoms with Crippen LogP contribution in [0.5, 0.6) is 0 Å². The van der Waals surface area contributed by atoms with Crippen LogP contribution in [0.4, 0.5) is 4.79 Å². The highest BCUT2D eigenvalue weighted by molar-refractivity contribution is 5.68.